The number of amides is 1. The van der Waals surface area contributed by atoms with Crippen LogP contribution in [0.25, 0.3) is 11.3 Å². The van der Waals surface area contributed by atoms with E-state index in [1.807, 2.05) is 54.8 Å². The summed E-state index contributed by atoms with van der Waals surface area (Å²) in [6.07, 6.45) is 0.823. The van der Waals surface area contributed by atoms with Crippen molar-refractivity contribution in [2.45, 2.75) is 13.3 Å². The van der Waals surface area contributed by atoms with Gasteiger partial charge in [0.25, 0.3) is 5.91 Å². The van der Waals surface area contributed by atoms with Gasteiger partial charge in [0.05, 0.1) is 5.69 Å². The summed E-state index contributed by atoms with van der Waals surface area (Å²) in [5.41, 5.74) is 2.62. The Balaban J connectivity index is 1.62. The average Bonchev–Trinajstić information content (AvgIpc) is 3.09. The summed E-state index contributed by atoms with van der Waals surface area (Å²) in [7, 11) is 0. The molecule has 2 aromatic carbocycles. The fourth-order valence-electron chi connectivity index (χ4n) is 2.39. The Hall–Kier alpha value is -1.89. The predicted molar refractivity (Wildman–Crippen MR) is 110 cm³/mol. The maximum absolute atomic E-state index is 12.2. The van der Waals surface area contributed by atoms with Crippen molar-refractivity contribution in [1.29, 1.82) is 0 Å². The number of hydrogen-bond donors (Lipinski definition) is 1. The zero-order chi connectivity index (χ0) is 18.5. The third-order valence-corrected chi connectivity index (χ3v) is 5.24. The topological polar surface area (TPSA) is 51.2 Å². The van der Waals surface area contributed by atoms with Gasteiger partial charge < -0.3 is 4.74 Å². The second-order valence-corrected chi connectivity index (χ2v) is 7.64. The first-order valence-electron chi connectivity index (χ1n) is 7.98. The number of carbonyl (C=O) groups excluding carboxylic acids is 1. The number of anilines is 1. The molecule has 1 amide bonds. The first kappa shape index (κ1) is 18.9. The molecular formula is C19H16BrClN2O2S. The molecule has 0 saturated heterocycles. The lowest BCUT2D eigenvalue weighted by molar-refractivity contribution is -0.118. The summed E-state index contributed by atoms with van der Waals surface area (Å²) < 4.78 is 6.64. The quantitative estimate of drug-likeness (QED) is 0.515. The average molecular weight is 452 g/mol. The summed E-state index contributed by atoms with van der Waals surface area (Å²) in [5, 5.41) is 5.76. The van der Waals surface area contributed by atoms with Crippen LogP contribution in [0.2, 0.25) is 5.02 Å². The molecule has 0 aliphatic carbocycles. The molecule has 0 fully saturated rings. The lowest BCUT2D eigenvalue weighted by Crippen LogP contribution is -2.20. The fourth-order valence-corrected chi connectivity index (χ4v) is 3.76. The van der Waals surface area contributed by atoms with E-state index in [1.165, 1.54) is 11.3 Å². The van der Waals surface area contributed by atoms with Crippen LogP contribution in [0.1, 0.15) is 12.5 Å². The van der Waals surface area contributed by atoms with Gasteiger partial charge in [-0.25, -0.2) is 4.98 Å². The molecule has 134 valence electrons. The summed E-state index contributed by atoms with van der Waals surface area (Å²) >= 11 is 11.0. The van der Waals surface area contributed by atoms with Crippen molar-refractivity contribution in [2.24, 2.45) is 0 Å². The minimum absolute atomic E-state index is 0.0738. The number of carbonyl (C=O) groups is 1. The molecule has 0 saturated carbocycles. The van der Waals surface area contributed by atoms with Crippen molar-refractivity contribution >= 4 is 49.9 Å². The fraction of sp³-hybridized carbons (Fsp3) is 0.158. The molecule has 26 heavy (non-hydrogen) atoms. The van der Waals surface area contributed by atoms with E-state index in [4.69, 9.17) is 16.3 Å². The molecule has 3 rings (SSSR count). The third kappa shape index (κ3) is 4.63. The van der Waals surface area contributed by atoms with Crippen molar-refractivity contribution in [1.82, 2.24) is 4.98 Å². The maximum atomic E-state index is 12.2. The molecule has 0 aliphatic rings. The monoisotopic (exact) mass is 450 g/mol. The number of aromatic nitrogens is 1. The van der Waals surface area contributed by atoms with Crippen LogP contribution < -0.4 is 10.1 Å². The van der Waals surface area contributed by atoms with Crippen LogP contribution >= 0.6 is 38.9 Å². The molecule has 1 heterocycles. The Morgan fingerprint density at radius 1 is 1.31 bits per heavy atom. The number of benzene rings is 2. The normalized spacial score (nSPS) is 10.6. The van der Waals surface area contributed by atoms with Crippen LogP contribution in [-0.4, -0.2) is 17.5 Å². The molecule has 4 nitrogen and oxygen atoms in total. The summed E-state index contributed by atoms with van der Waals surface area (Å²) in [6, 6.07) is 13.2. The number of halogens is 2. The van der Waals surface area contributed by atoms with E-state index in [0.717, 1.165) is 27.7 Å². The third-order valence-electron chi connectivity index (χ3n) is 3.66. The highest BCUT2D eigenvalue weighted by atomic mass is 79.9. The van der Waals surface area contributed by atoms with E-state index < -0.39 is 0 Å². The van der Waals surface area contributed by atoms with Gasteiger partial charge in [0.2, 0.25) is 0 Å². The summed E-state index contributed by atoms with van der Waals surface area (Å²) in [6.45, 7) is 1.97. The van der Waals surface area contributed by atoms with Gasteiger partial charge >= 0.3 is 0 Å². The molecule has 0 unspecified atom stereocenters. The van der Waals surface area contributed by atoms with E-state index in [0.29, 0.717) is 15.9 Å². The van der Waals surface area contributed by atoms with E-state index in [9.17, 15) is 4.79 Å². The summed E-state index contributed by atoms with van der Waals surface area (Å²) in [5.74, 6) is 0.455. The van der Waals surface area contributed by atoms with Gasteiger partial charge in [0.1, 0.15) is 5.75 Å². The van der Waals surface area contributed by atoms with Gasteiger partial charge in [-0.2, -0.15) is 0 Å². The molecular weight excluding hydrogens is 436 g/mol. The maximum Gasteiger partial charge on any atom is 0.264 e. The molecule has 7 heteroatoms. The Labute approximate surface area is 169 Å². The van der Waals surface area contributed by atoms with Crippen LogP contribution in [0.3, 0.4) is 0 Å². The Kier molecular flexibility index (Phi) is 6.29. The predicted octanol–water partition coefficient (Wildman–Crippen LogP) is 5.81. The van der Waals surface area contributed by atoms with Crippen LogP contribution in [0, 0.1) is 0 Å². The van der Waals surface area contributed by atoms with Crippen LogP contribution in [0.5, 0.6) is 5.75 Å². The standard InChI is InChI=1S/C19H16BrClN2O2S/c1-2-12-9-13(20)7-8-17(12)25-10-18(24)23-19-22-16(11-26-19)14-5-3-4-6-15(14)21/h3-9,11H,2,10H2,1H3,(H,22,23,24). The van der Waals surface area contributed by atoms with Crippen molar-refractivity contribution in [3.05, 3.63) is 62.9 Å². The first-order valence-corrected chi connectivity index (χ1v) is 10.0. The number of ether oxygens (including phenoxy) is 1. The molecule has 0 atom stereocenters. The van der Waals surface area contributed by atoms with Crippen LogP contribution in [0.15, 0.2) is 52.3 Å². The lowest BCUT2D eigenvalue weighted by atomic mass is 10.1. The van der Waals surface area contributed by atoms with Crippen LogP contribution in [0.4, 0.5) is 5.13 Å². The zero-order valence-corrected chi connectivity index (χ0v) is 17.1. The van der Waals surface area contributed by atoms with Gasteiger partial charge in [0.15, 0.2) is 11.7 Å². The van der Waals surface area contributed by atoms with E-state index in [-0.39, 0.29) is 12.5 Å². The van der Waals surface area contributed by atoms with Gasteiger partial charge in [-0.3, -0.25) is 10.1 Å². The number of nitrogens with one attached hydrogen (secondary N) is 1. The van der Waals surface area contributed by atoms with Gasteiger partial charge in [-0.1, -0.05) is 52.7 Å². The number of aryl methyl sites for hydroxylation is 1. The van der Waals surface area contributed by atoms with E-state index in [2.05, 4.69) is 26.2 Å². The Bertz CT molecular complexity index is 929. The van der Waals surface area contributed by atoms with E-state index >= 15 is 0 Å². The second kappa shape index (κ2) is 8.66. The highest BCUT2D eigenvalue weighted by Crippen LogP contribution is 2.30. The Morgan fingerprint density at radius 2 is 2.12 bits per heavy atom. The number of thiazole rings is 1. The second-order valence-electron chi connectivity index (χ2n) is 5.46. The summed E-state index contributed by atoms with van der Waals surface area (Å²) in [4.78, 5) is 16.6. The molecule has 1 aromatic heterocycles. The molecule has 0 bridgehead atoms. The highest BCUT2D eigenvalue weighted by molar-refractivity contribution is 9.10. The van der Waals surface area contributed by atoms with Crippen molar-refractivity contribution in [3.8, 4) is 17.0 Å². The SMILES string of the molecule is CCc1cc(Br)ccc1OCC(=O)Nc1nc(-c2ccccc2Cl)cs1. The largest absolute Gasteiger partial charge is 0.483 e. The zero-order valence-electron chi connectivity index (χ0n) is 14.0. The number of nitrogens with zero attached hydrogens (tertiary/aromatic N) is 1. The van der Waals surface area contributed by atoms with Gasteiger partial charge in [0, 0.05) is 20.4 Å². The minimum atomic E-state index is -0.255. The molecule has 1 N–H and O–H groups in total. The van der Waals surface area contributed by atoms with Crippen LogP contribution in [-0.2, 0) is 11.2 Å². The number of hydrogen-bond acceptors (Lipinski definition) is 4. The Morgan fingerprint density at radius 3 is 2.88 bits per heavy atom. The first-order chi connectivity index (χ1) is 12.6. The van der Waals surface area contributed by atoms with Crippen molar-refractivity contribution in [3.63, 3.8) is 0 Å². The molecule has 0 spiro atoms. The van der Waals surface area contributed by atoms with Gasteiger partial charge in [-0.05, 0) is 36.2 Å². The number of rotatable bonds is 6. The lowest BCUT2D eigenvalue weighted by Gasteiger charge is -2.10. The minimum Gasteiger partial charge on any atom is -0.483 e. The highest BCUT2D eigenvalue weighted by Gasteiger charge is 2.11. The van der Waals surface area contributed by atoms with Gasteiger partial charge in [-0.15, -0.1) is 11.3 Å². The smallest absolute Gasteiger partial charge is 0.264 e. The molecule has 0 radical (unpaired) electrons. The van der Waals surface area contributed by atoms with Crippen molar-refractivity contribution < 1.29 is 9.53 Å². The van der Waals surface area contributed by atoms with Crippen molar-refractivity contribution in [2.75, 3.05) is 11.9 Å². The van der Waals surface area contributed by atoms with E-state index in [1.54, 1.807) is 0 Å². The molecule has 3 aromatic rings. The molecule has 0 aliphatic heterocycles.